The molecule has 15 rings (SSSR count). The third-order valence-electron chi connectivity index (χ3n) is 17.7. The van der Waals surface area contributed by atoms with Crippen LogP contribution < -0.4 is 9.80 Å². The highest BCUT2D eigenvalue weighted by atomic mass is 15.1. The molecular weight excluding hydrogens is 1050 g/mol. The third kappa shape index (κ3) is 9.97. The van der Waals surface area contributed by atoms with Gasteiger partial charge in [0.25, 0.3) is 0 Å². The maximum atomic E-state index is 2.43. The molecule has 0 heterocycles. The number of fused-ring (bicyclic) bond motifs is 4. The van der Waals surface area contributed by atoms with E-state index in [1.807, 2.05) is 0 Å². The Balaban J connectivity index is 0.831. The molecule has 0 aliphatic heterocycles. The number of hydrogen-bond donors (Lipinski definition) is 0. The molecule has 0 saturated heterocycles. The van der Waals surface area contributed by atoms with Gasteiger partial charge in [-0.2, -0.15) is 0 Å². The second-order valence-electron chi connectivity index (χ2n) is 23.2. The molecule has 0 atom stereocenters. The molecule has 412 valence electrons. The summed E-state index contributed by atoms with van der Waals surface area (Å²) in [5, 5.41) is 2.49. The van der Waals surface area contributed by atoms with Crippen molar-refractivity contribution in [2.24, 2.45) is 0 Å². The zero-order valence-electron chi connectivity index (χ0n) is 48.7. The van der Waals surface area contributed by atoms with E-state index >= 15 is 0 Å². The monoisotopic (exact) mass is 1110 g/mol. The molecule has 0 bridgehead atoms. The van der Waals surface area contributed by atoms with Crippen molar-refractivity contribution in [1.29, 1.82) is 0 Å². The highest BCUT2D eigenvalue weighted by molar-refractivity contribution is 5.99. The molecule has 0 spiro atoms. The maximum Gasteiger partial charge on any atom is 0.0465 e. The largest absolute Gasteiger partial charge is 0.311 e. The Morgan fingerprint density at radius 2 is 0.494 bits per heavy atom. The van der Waals surface area contributed by atoms with Gasteiger partial charge in [-0.25, -0.2) is 0 Å². The van der Waals surface area contributed by atoms with Gasteiger partial charge in [0, 0.05) is 39.5 Å². The van der Waals surface area contributed by atoms with Crippen LogP contribution in [0.5, 0.6) is 0 Å². The number of nitrogens with zero attached hydrogens (tertiary/aromatic N) is 2. The lowest BCUT2D eigenvalue weighted by Gasteiger charge is -2.28. The second-order valence-corrected chi connectivity index (χ2v) is 23.2. The average molecular weight is 1110 g/mol. The first kappa shape index (κ1) is 52.7. The van der Waals surface area contributed by atoms with Crippen molar-refractivity contribution in [3.8, 4) is 89.0 Å². The van der Waals surface area contributed by atoms with E-state index in [2.05, 4.69) is 363 Å². The van der Waals surface area contributed by atoms with Crippen molar-refractivity contribution in [2.75, 3.05) is 9.80 Å². The second kappa shape index (κ2) is 22.5. The molecule has 0 N–H and O–H groups in total. The predicted molar refractivity (Wildman–Crippen MR) is 369 cm³/mol. The maximum absolute atomic E-state index is 2.43. The van der Waals surface area contributed by atoms with Crippen molar-refractivity contribution >= 4 is 44.9 Å². The standard InChI is InChI=1S/C85H62N2/c1-85(2)83-33-18-17-31-77(83)78-55-54-74(56-84(78)85)87(72-48-38-66(39-49-72)76-32-19-29-63-28-15-16-30-75(63)76)73-52-42-68(43-53-73)82-58-79(64-24-11-5-12-25-64)81(57-80(82)65-26-13-6-14-27-65)67-40-50-71(51-41-67)86(69-44-34-61(35-45-69)59-20-7-3-8-21-59)70-46-36-62(37-47-70)60-22-9-4-10-23-60/h3-58H,1-2H3. The van der Waals surface area contributed by atoms with Crippen LogP contribution in [0.4, 0.5) is 34.1 Å². The minimum absolute atomic E-state index is 0.152. The van der Waals surface area contributed by atoms with Gasteiger partial charge in [-0.1, -0.05) is 269 Å². The van der Waals surface area contributed by atoms with Gasteiger partial charge in [-0.05, 0) is 196 Å². The number of anilines is 6. The Kier molecular flexibility index (Phi) is 13.6. The minimum Gasteiger partial charge on any atom is -0.311 e. The summed E-state index contributed by atoms with van der Waals surface area (Å²) in [5.41, 5.74) is 28.2. The van der Waals surface area contributed by atoms with Crippen LogP contribution in [-0.2, 0) is 5.41 Å². The first-order chi connectivity index (χ1) is 42.9. The molecule has 14 aromatic rings. The highest BCUT2D eigenvalue weighted by Crippen LogP contribution is 2.51. The van der Waals surface area contributed by atoms with E-state index in [0.29, 0.717) is 0 Å². The van der Waals surface area contributed by atoms with Crippen LogP contribution in [-0.4, -0.2) is 0 Å². The van der Waals surface area contributed by atoms with Gasteiger partial charge in [0.2, 0.25) is 0 Å². The molecule has 0 unspecified atom stereocenters. The lowest BCUT2D eigenvalue weighted by Crippen LogP contribution is -2.16. The van der Waals surface area contributed by atoms with Crippen LogP contribution in [0.2, 0.25) is 0 Å². The number of hydrogen-bond acceptors (Lipinski definition) is 2. The molecule has 0 fully saturated rings. The fraction of sp³-hybridized carbons (Fsp3) is 0.0353. The SMILES string of the molecule is CC1(C)c2ccccc2-c2ccc(N(c3ccc(-c4cc(-c5ccccc5)c(-c5ccc(N(c6ccc(-c7ccccc7)cc6)c6ccc(-c7ccccc7)cc6)cc5)cc4-c4ccccc4)cc3)c3ccc(-c4cccc5ccccc45)cc3)cc21. The zero-order chi connectivity index (χ0) is 58.3. The molecular formula is C85H62N2. The summed E-state index contributed by atoms with van der Waals surface area (Å²) in [6.07, 6.45) is 0. The van der Waals surface area contributed by atoms with Crippen LogP contribution in [0.25, 0.3) is 99.8 Å². The number of rotatable bonds is 13. The Labute approximate surface area is 510 Å². The van der Waals surface area contributed by atoms with Crippen LogP contribution in [0.15, 0.2) is 340 Å². The van der Waals surface area contributed by atoms with Gasteiger partial charge >= 0.3 is 0 Å². The molecule has 1 aliphatic carbocycles. The Morgan fingerprint density at radius 3 is 0.954 bits per heavy atom. The van der Waals surface area contributed by atoms with E-state index in [1.165, 1.54) is 83.1 Å². The molecule has 1 aliphatic rings. The van der Waals surface area contributed by atoms with Crippen LogP contribution in [0.3, 0.4) is 0 Å². The van der Waals surface area contributed by atoms with Crippen molar-refractivity contribution in [3.05, 3.63) is 351 Å². The minimum atomic E-state index is -0.152. The van der Waals surface area contributed by atoms with E-state index in [9.17, 15) is 0 Å². The molecule has 14 aromatic carbocycles. The van der Waals surface area contributed by atoms with Crippen molar-refractivity contribution in [1.82, 2.24) is 0 Å². The molecule has 0 amide bonds. The van der Waals surface area contributed by atoms with Crippen LogP contribution in [0, 0.1) is 0 Å². The van der Waals surface area contributed by atoms with Crippen LogP contribution in [0.1, 0.15) is 25.0 Å². The lowest BCUT2D eigenvalue weighted by molar-refractivity contribution is 0.660. The summed E-state index contributed by atoms with van der Waals surface area (Å²) in [5.74, 6) is 0. The fourth-order valence-corrected chi connectivity index (χ4v) is 13.2. The van der Waals surface area contributed by atoms with E-state index < -0.39 is 0 Å². The quantitative estimate of drug-likeness (QED) is 0.114. The predicted octanol–water partition coefficient (Wildman–Crippen LogP) is 23.8. The van der Waals surface area contributed by atoms with E-state index in [4.69, 9.17) is 0 Å². The molecule has 2 nitrogen and oxygen atoms in total. The molecule has 0 aromatic heterocycles. The summed E-state index contributed by atoms with van der Waals surface area (Å²) in [6.45, 7) is 4.73. The molecule has 2 heteroatoms. The first-order valence-corrected chi connectivity index (χ1v) is 30.1. The molecule has 87 heavy (non-hydrogen) atoms. The fourth-order valence-electron chi connectivity index (χ4n) is 13.2. The van der Waals surface area contributed by atoms with Crippen LogP contribution >= 0.6 is 0 Å². The number of benzene rings is 14. The Morgan fingerprint density at radius 1 is 0.195 bits per heavy atom. The lowest BCUT2D eigenvalue weighted by atomic mass is 9.82. The third-order valence-corrected chi connectivity index (χ3v) is 17.7. The summed E-state index contributed by atoms with van der Waals surface area (Å²) >= 11 is 0. The Hall–Kier alpha value is -11.1. The van der Waals surface area contributed by atoms with E-state index in [1.54, 1.807) is 0 Å². The van der Waals surface area contributed by atoms with Gasteiger partial charge in [0.1, 0.15) is 0 Å². The average Bonchev–Trinajstić information content (AvgIpc) is 1.84. The summed E-state index contributed by atoms with van der Waals surface area (Å²) in [4.78, 5) is 4.79. The summed E-state index contributed by atoms with van der Waals surface area (Å²) in [6, 6.07) is 124. The van der Waals surface area contributed by atoms with Crippen molar-refractivity contribution in [3.63, 3.8) is 0 Å². The zero-order valence-corrected chi connectivity index (χ0v) is 48.7. The van der Waals surface area contributed by atoms with Gasteiger partial charge in [-0.15, -0.1) is 0 Å². The summed E-state index contributed by atoms with van der Waals surface area (Å²) < 4.78 is 0. The van der Waals surface area contributed by atoms with Gasteiger partial charge in [-0.3, -0.25) is 0 Å². The summed E-state index contributed by atoms with van der Waals surface area (Å²) in [7, 11) is 0. The van der Waals surface area contributed by atoms with E-state index in [-0.39, 0.29) is 5.41 Å². The highest BCUT2D eigenvalue weighted by Gasteiger charge is 2.36. The smallest absolute Gasteiger partial charge is 0.0465 e. The van der Waals surface area contributed by atoms with Gasteiger partial charge in [0.05, 0.1) is 0 Å². The van der Waals surface area contributed by atoms with Crippen molar-refractivity contribution in [2.45, 2.75) is 19.3 Å². The topological polar surface area (TPSA) is 6.48 Å². The normalized spacial score (nSPS) is 12.1. The van der Waals surface area contributed by atoms with E-state index in [0.717, 1.165) is 61.9 Å². The van der Waals surface area contributed by atoms with Gasteiger partial charge in [0.15, 0.2) is 0 Å². The molecule has 0 saturated carbocycles. The van der Waals surface area contributed by atoms with Gasteiger partial charge < -0.3 is 9.80 Å². The Bertz CT molecular complexity index is 4660. The molecule has 0 radical (unpaired) electrons. The van der Waals surface area contributed by atoms with Crippen molar-refractivity contribution < 1.29 is 0 Å². The first-order valence-electron chi connectivity index (χ1n) is 30.1.